The van der Waals surface area contributed by atoms with E-state index in [1.807, 2.05) is 0 Å². The van der Waals surface area contributed by atoms with Crippen LogP contribution in [0.15, 0.2) is 54.6 Å². The molecule has 2 atom stereocenters. The molecule has 3 rings (SSSR count). The first-order valence-corrected chi connectivity index (χ1v) is 10.2. The normalized spacial score (nSPS) is 15.9. The van der Waals surface area contributed by atoms with Crippen LogP contribution in [0.25, 0.3) is 35.1 Å². The molecule has 0 saturated heterocycles. The van der Waals surface area contributed by atoms with E-state index < -0.39 is 0 Å². The summed E-state index contributed by atoms with van der Waals surface area (Å²) in [6, 6.07) is 15.4. The van der Waals surface area contributed by atoms with Gasteiger partial charge in [0.1, 0.15) is 0 Å². The van der Waals surface area contributed by atoms with Crippen molar-refractivity contribution < 1.29 is 0 Å². The minimum Gasteiger partial charge on any atom is -0.355 e. The van der Waals surface area contributed by atoms with E-state index in [1.54, 1.807) is 0 Å². The summed E-state index contributed by atoms with van der Waals surface area (Å²) in [5, 5.41) is 5.08. The van der Waals surface area contributed by atoms with Crippen LogP contribution in [0.1, 0.15) is 57.4 Å². The van der Waals surface area contributed by atoms with E-state index >= 15 is 0 Å². The number of aromatic amines is 1. The van der Waals surface area contributed by atoms with Gasteiger partial charge in [0.25, 0.3) is 0 Å². The fourth-order valence-electron chi connectivity index (χ4n) is 3.80. The molecule has 0 radical (unpaired) electrons. The second-order valence-electron chi connectivity index (χ2n) is 7.47. The summed E-state index contributed by atoms with van der Waals surface area (Å²) in [5.41, 5.74) is 3.83. The van der Waals surface area contributed by atoms with Crippen molar-refractivity contribution in [2.75, 3.05) is 0 Å². The molecule has 1 heterocycles. The second-order valence-corrected chi connectivity index (χ2v) is 7.47. The molecule has 1 heteroatoms. The largest absolute Gasteiger partial charge is 0.355 e. The first-order chi connectivity index (χ1) is 13.6. The van der Waals surface area contributed by atoms with Gasteiger partial charge in [-0.15, -0.1) is 0 Å². The van der Waals surface area contributed by atoms with E-state index in [2.05, 4.69) is 119 Å². The average Bonchev–Trinajstić information content (AvgIpc) is 3.07. The van der Waals surface area contributed by atoms with Crippen molar-refractivity contribution in [1.82, 2.24) is 4.98 Å². The lowest BCUT2D eigenvalue weighted by Crippen LogP contribution is -2.23. The zero-order valence-electron chi connectivity index (χ0n) is 17.7. The first kappa shape index (κ1) is 19.9. The van der Waals surface area contributed by atoms with E-state index in [0.29, 0.717) is 11.8 Å². The minimum absolute atomic E-state index is 0.438. The molecule has 1 N–H and O–H groups in total. The number of nitrogens with one attached hydrogen (secondary N) is 1. The Hall–Kier alpha value is -2.80. The third-order valence-corrected chi connectivity index (χ3v) is 5.70. The first-order valence-electron chi connectivity index (χ1n) is 10.2. The van der Waals surface area contributed by atoms with E-state index in [4.69, 9.17) is 0 Å². The van der Waals surface area contributed by atoms with E-state index in [-0.39, 0.29) is 0 Å². The van der Waals surface area contributed by atoms with Gasteiger partial charge in [0.2, 0.25) is 0 Å². The van der Waals surface area contributed by atoms with E-state index in [0.717, 1.165) is 0 Å². The molecule has 28 heavy (non-hydrogen) atoms. The lowest BCUT2D eigenvalue weighted by molar-refractivity contribution is 0.594. The van der Waals surface area contributed by atoms with Gasteiger partial charge in [-0.1, -0.05) is 86.7 Å². The molecule has 0 bridgehead atoms. The highest BCUT2D eigenvalue weighted by atomic mass is 14.7. The number of allylic oxidation sites excluding steroid dienone is 2. The maximum atomic E-state index is 3.53. The second kappa shape index (κ2) is 8.93. The molecule has 3 aromatic rings. The van der Waals surface area contributed by atoms with Crippen molar-refractivity contribution in [1.29, 1.82) is 0 Å². The molecule has 0 aliphatic heterocycles. The molecule has 1 aromatic heterocycles. The monoisotopic (exact) mass is 369 g/mol. The van der Waals surface area contributed by atoms with Crippen LogP contribution in [0, 0.1) is 5.92 Å². The number of aromatic nitrogens is 1. The van der Waals surface area contributed by atoms with Crippen LogP contribution in [-0.4, -0.2) is 4.98 Å². The van der Waals surface area contributed by atoms with Crippen molar-refractivity contribution in [3.05, 3.63) is 82.0 Å². The Labute approximate surface area is 168 Å². The zero-order valence-corrected chi connectivity index (χ0v) is 17.7. The lowest BCUT2D eigenvalue weighted by Gasteiger charge is -2.18. The van der Waals surface area contributed by atoms with Gasteiger partial charge in [-0.2, -0.15) is 0 Å². The molecule has 0 spiro atoms. The summed E-state index contributed by atoms with van der Waals surface area (Å²) in [5.74, 6) is 0.893. The molecule has 2 aromatic carbocycles. The smallest absolute Gasteiger partial charge is 0.0461 e. The number of H-pyrrole nitrogens is 1. The molecular weight excluding hydrogens is 338 g/mol. The van der Waals surface area contributed by atoms with Crippen molar-refractivity contribution in [3.63, 3.8) is 0 Å². The van der Waals surface area contributed by atoms with Gasteiger partial charge in [-0.3, -0.25) is 0 Å². The number of rotatable bonds is 5. The predicted octanol–water partition coefficient (Wildman–Crippen LogP) is 6.25. The van der Waals surface area contributed by atoms with Gasteiger partial charge >= 0.3 is 0 Å². The fourth-order valence-corrected chi connectivity index (χ4v) is 3.80. The molecule has 2 unspecified atom stereocenters. The van der Waals surface area contributed by atoms with Crippen LogP contribution in [-0.2, 0) is 0 Å². The van der Waals surface area contributed by atoms with Gasteiger partial charge in [0.05, 0.1) is 0 Å². The van der Waals surface area contributed by atoms with Crippen LogP contribution >= 0.6 is 0 Å². The van der Waals surface area contributed by atoms with Crippen molar-refractivity contribution in [3.8, 4) is 0 Å². The van der Waals surface area contributed by atoms with E-state index in [1.165, 1.54) is 38.2 Å². The predicted molar refractivity (Wildman–Crippen MR) is 126 cm³/mol. The number of hydrogen-bond acceptors (Lipinski definition) is 0. The SMILES string of the molecule is C/C=C\c1[nH]c(=C/C)/c(=C\C)c1/C=C\C(C)C(C)c1ccc2ccccc2c1. The summed E-state index contributed by atoms with van der Waals surface area (Å²) in [4.78, 5) is 3.53. The number of hydrogen-bond donors (Lipinski definition) is 1. The third-order valence-electron chi connectivity index (χ3n) is 5.70. The summed E-state index contributed by atoms with van der Waals surface area (Å²) in [6.45, 7) is 10.9. The Morgan fingerprint density at radius 2 is 1.61 bits per heavy atom. The number of benzene rings is 2. The maximum Gasteiger partial charge on any atom is 0.0461 e. The maximum absolute atomic E-state index is 3.53. The van der Waals surface area contributed by atoms with Crippen LogP contribution < -0.4 is 10.6 Å². The van der Waals surface area contributed by atoms with Gasteiger partial charge in [0, 0.05) is 21.8 Å². The van der Waals surface area contributed by atoms with Crippen LogP contribution in [0.4, 0.5) is 0 Å². The Kier molecular flexibility index (Phi) is 6.36. The Bertz CT molecular complexity index is 1120. The molecule has 1 nitrogen and oxygen atoms in total. The van der Waals surface area contributed by atoms with Crippen LogP contribution in [0.3, 0.4) is 0 Å². The van der Waals surface area contributed by atoms with Crippen LogP contribution in [0.2, 0.25) is 0 Å². The van der Waals surface area contributed by atoms with Crippen molar-refractivity contribution >= 4 is 35.1 Å². The van der Waals surface area contributed by atoms with Gasteiger partial charge in [-0.25, -0.2) is 0 Å². The summed E-state index contributed by atoms with van der Waals surface area (Å²) in [6.07, 6.45) is 13.2. The average molecular weight is 370 g/mol. The summed E-state index contributed by atoms with van der Waals surface area (Å²) >= 11 is 0. The molecular formula is C27H31N. The highest BCUT2D eigenvalue weighted by Gasteiger charge is 2.13. The standard InChI is InChI=1S/C27H31N/c1-6-11-27-25(24(7-2)26(8-3)28-27)17-14-19(4)20(5)22-16-15-21-12-9-10-13-23(21)18-22/h6-20,28H,1-5H3/b11-6-,17-14-,24-7-,26-8+. The van der Waals surface area contributed by atoms with Crippen LogP contribution in [0.5, 0.6) is 0 Å². The topological polar surface area (TPSA) is 15.8 Å². The Balaban J connectivity index is 1.92. The van der Waals surface area contributed by atoms with Crippen molar-refractivity contribution in [2.24, 2.45) is 5.92 Å². The Morgan fingerprint density at radius 1 is 0.857 bits per heavy atom. The highest BCUT2D eigenvalue weighted by molar-refractivity contribution is 5.83. The zero-order chi connectivity index (χ0) is 20.1. The molecule has 0 saturated carbocycles. The third kappa shape index (κ3) is 4.04. The summed E-state index contributed by atoms with van der Waals surface area (Å²) < 4.78 is 0. The highest BCUT2D eigenvalue weighted by Crippen LogP contribution is 2.28. The van der Waals surface area contributed by atoms with Gasteiger partial charge < -0.3 is 4.98 Å². The van der Waals surface area contributed by atoms with Gasteiger partial charge in [0.15, 0.2) is 0 Å². The molecule has 0 amide bonds. The fraction of sp³-hybridized carbons (Fsp3) is 0.259. The quantitative estimate of drug-likeness (QED) is 0.547. The minimum atomic E-state index is 0.438. The Morgan fingerprint density at radius 3 is 2.29 bits per heavy atom. The van der Waals surface area contributed by atoms with Crippen molar-refractivity contribution in [2.45, 2.75) is 40.5 Å². The lowest BCUT2D eigenvalue weighted by atomic mass is 9.87. The molecule has 0 aliphatic rings. The molecule has 0 fully saturated rings. The molecule has 144 valence electrons. The summed E-state index contributed by atoms with van der Waals surface area (Å²) in [7, 11) is 0. The number of fused-ring (bicyclic) bond motifs is 1. The molecule has 0 aliphatic carbocycles. The van der Waals surface area contributed by atoms with E-state index in [9.17, 15) is 0 Å². The van der Waals surface area contributed by atoms with Gasteiger partial charge in [-0.05, 0) is 55.0 Å².